The minimum Gasteiger partial charge on any atom is -0.497 e. The van der Waals surface area contributed by atoms with Crippen molar-refractivity contribution in [2.45, 2.75) is 37.7 Å². The van der Waals surface area contributed by atoms with Crippen molar-refractivity contribution in [1.29, 1.82) is 0 Å². The fraction of sp³-hybridized carbons (Fsp3) is 0.440. The molecule has 0 radical (unpaired) electrons. The number of aliphatic hydroxyl groups excluding tert-OH is 1. The summed E-state index contributed by atoms with van der Waals surface area (Å²) in [5.74, 6) is -2.27. The summed E-state index contributed by atoms with van der Waals surface area (Å²) in [4.78, 5) is 25.4. The van der Waals surface area contributed by atoms with E-state index in [1.165, 1.54) is 12.1 Å². The molecule has 1 heterocycles. The number of hydrogen-bond acceptors (Lipinski definition) is 5. The minimum absolute atomic E-state index is 0.0874. The lowest BCUT2D eigenvalue weighted by Gasteiger charge is -2.37. The van der Waals surface area contributed by atoms with Crippen molar-refractivity contribution in [2.24, 2.45) is 0 Å². The number of nitrogens with one attached hydrogen (secondary N) is 1. The van der Waals surface area contributed by atoms with Crippen LogP contribution in [0.2, 0.25) is 0 Å². The number of carbonyl (C=O) groups is 2. The number of ether oxygens (including phenoxy) is 1. The van der Waals surface area contributed by atoms with Gasteiger partial charge in [0.2, 0.25) is 0 Å². The van der Waals surface area contributed by atoms with Crippen LogP contribution in [0.25, 0.3) is 0 Å². The van der Waals surface area contributed by atoms with Crippen LogP contribution in [0.4, 0.5) is 22.4 Å². The molecule has 1 unspecified atom stereocenters. The van der Waals surface area contributed by atoms with Gasteiger partial charge in [-0.2, -0.15) is 13.2 Å². The molecule has 0 spiro atoms. The maximum absolute atomic E-state index is 13.0. The Labute approximate surface area is 212 Å². The zero-order valence-electron chi connectivity index (χ0n) is 20.5. The number of hydrogen-bond donors (Lipinski definition) is 3. The van der Waals surface area contributed by atoms with E-state index >= 15 is 0 Å². The predicted octanol–water partition coefficient (Wildman–Crippen LogP) is 3.81. The normalized spacial score (nSPS) is 15.2. The quantitative estimate of drug-likeness (QED) is 0.472. The highest BCUT2D eigenvalue weighted by Gasteiger charge is 2.38. The Morgan fingerprint density at radius 3 is 2.14 bits per heavy atom. The van der Waals surface area contributed by atoms with Gasteiger partial charge in [0.1, 0.15) is 11.6 Å². The molecule has 1 aliphatic heterocycles. The number of nitrogens with zero attached hydrogens (tertiary/aromatic N) is 2. The number of aliphatic carboxylic acids is 1. The summed E-state index contributed by atoms with van der Waals surface area (Å²) in [6.45, 7) is 2.58. The molecule has 1 saturated heterocycles. The summed E-state index contributed by atoms with van der Waals surface area (Å²) >= 11 is 0. The number of methoxy groups -OCH3 is 1. The van der Waals surface area contributed by atoms with Crippen LogP contribution in [-0.2, 0) is 11.3 Å². The van der Waals surface area contributed by atoms with E-state index in [0.717, 1.165) is 37.2 Å². The third-order valence-corrected chi connectivity index (χ3v) is 5.96. The smallest absolute Gasteiger partial charge is 0.490 e. The number of carboxylic acid groups (broad SMARTS) is 1. The third-order valence-electron chi connectivity index (χ3n) is 5.96. The Balaban J connectivity index is 0.000000604. The molecule has 0 bridgehead atoms. The van der Waals surface area contributed by atoms with Crippen LogP contribution in [0.1, 0.15) is 30.1 Å². The van der Waals surface area contributed by atoms with Crippen LogP contribution < -0.4 is 10.1 Å². The summed E-state index contributed by atoms with van der Waals surface area (Å²) < 4.78 is 49.9. The molecule has 204 valence electrons. The lowest BCUT2D eigenvalue weighted by Crippen LogP contribution is -2.49. The molecule has 0 aliphatic carbocycles. The molecule has 2 aromatic rings. The van der Waals surface area contributed by atoms with Gasteiger partial charge in [-0.05, 0) is 48.2 Å². The summed E-state index contributed by atoms with van der Waals surface area (Å²) in [5, 5.41) is 20.5. The first kappa shape index (κ1) is 29.8. The van der Waals surface area contributed by atoms with E-state index in [1.54, 1.807) is 24.1 Å². The van der Waals surface area contributed by atoms with Crippen molar-refractivity contribution >= 4 is 12.0 Å². The molecule has 37 heavy (non-hydrogen) atoms. The topological polar surface area (TPSA) is 102 Å². The van der Waals surface area contributed by atoms with Gasteiger partial charge in [0.05, 0.1) is 13.2 Å². The molecule has 1 atom stereocenters. The second-order valence-corrected chi connectivity index (χ2v) is 8.52. The fourth-order valence-electron chi connectivity index (χ4n) is 3.74. The molecule has 1 fully saturated rings. The van der Waals surface area contributed by atoms with E-state index in [9.17, 15) is 27.5 Å². The molecule has 1 aliphatic rings. The SMILES string of the molecule is COc1ccc(CNC(=O)N(C)C2CCN(CC(O)c3ccc(F)cc3)CC2)cc1.O=C(O)C(F)(F)F. The first-order valence-electron chi connectivity index (χ1n) is 11.5. The zero-order chi connectivity index (χ0) is 27.6. The Kier molecular flexibility index (Phi) is 11.1. The summed E-state index contributed by atoms with van der Waals surface area (Å²) in [5.41, 5.74) is 1.73. The number of carboxylic acids is 1. The van der Waals surface area contributed by atoms with Gasteiger partial charge in [0.25, 0.3) is 0 Å². The molecule has 2 amide bonds. The maximum atomic E-state index is 13.0. The standard InChI is InChI=1S/C23H30FN3O3.C2HF3O2/c1-26(23(29)25-15-17-3-9-21(30-2)10-4-17)20-11-13-27(14-12-20)16-22(28)18-5-7-19(24)8-6-18;3-2(4,5)1(6)7/h3-10,20,22,28H,11-16H2,1-2H3,(H,25,29);(H,6,7). The van der Waals surface area contributed by atoms with Gasteiger partial charge in [-0.15, -0.1) is 0 Å². The van der Waals surface area contributed by atoms with Gasteiger partial charge in [-0.3, -0.25) is 0 Å². The van der Waals surface area contributed by atoms with Crippen LogP contribution in [0.3, 0.4) is 0 Å². The van der Waals surface area contributed by atoms with E-state index in [2.05, 4.69) is 10.2 Å². The summed E-state index contributed by atoms with van der Waals surface area (Å²) in [6.07, 6.45) is -4.03. The van der Waals surface area contributed by atoms with E-state index in [1.807, 2.05) is 31.3 Å². The molecular weight excluding hydrogens is 498 g/mol. The second-order valence-electron chi connectivity index (χ2n) is 8.52. The third kappa shape index (κ3) is 9.89. The number of halogens is 4. The Hall–Kier alpha value is -3.38. The van der Waals surface area contributed by atoms with Gasteiger partial charge in [0, 0.05) is 39.3 Å². The Morgan fingerprint density at radius 1 is 1.11 bits per heavy atom. The largest absolute Gasteiger partial charge is 0.497 e. The van der Waals surface area contributed by atoms with Crippen molar-refractivity contribution in [2.75, 3.05) is 33.8 Å². The molecule has 12 heteroatoms. The summed E-state index contributed by atoms with van der Waals surface area (Å²) in [7, 11) is 3.46. The number of alkyl halides is 3. The van der Waals surface area contributed by atoms with Gasteiger partial charge in [-0.25, -0.2) is 14.0 Å². The number of rotatable bonds is 7. The van der Waals surface area contributed by atoms with E-state index in [0.29, 0.717) is 18.7 Å². The summed E-state index contributed by atoms with van der Waals surface area (Å²) in [6, 6.07) is 13.7. The van der Waals surface area contributed by atoms with E-state index < -0.39 is 18.2 Å². The predicted molar refractivity (Wildman–Crippen MR) is 128 cm³/mol. The van der Waals surface area contributed by atoms with Crippen molar-refractivity contribution in [3.05, 3.63) is 65.5 Å². The van der Waals surface area contributed by atoms with Gasteiger partial charge >= 0.3 is 18.2 Å². The number of likely N-dealkylation sites (tertiary alicyclic amines) is 1. The Bertz CT molecular complexity index is 995. The molecule has 0 saturated carbocycles. The number of benzene rings is 2. The van der Waals surface area contributed by atoms with Gasteiger partial charge in [0.15, 0.2) is 0 Å². The highest BCUT2D eigenvalue weighted by molar-refractivity contribution is 5.74. The first-order chi connectivity index (χ1) is 17.4. The number of β-amino-alcohol motifs (C(OH)–C–C–N with tert-alkyl or cyclic N) is 1. The second kappa shape index (κ2) is 13.8. The van der Waals surface area contributed by atoms with Gasteiger partial charge in [-0.1, -0.05) is 24.3 Å². The molecule has 8 nitrogen and oxygen atoms in total. The van der Waals surface area contributed by atoms with E-state index in [4.69, 9.17) is 14.6 Å². The zero-order valence-corrected chi connectivity index (χ0v) is 20.5. The average Bonchev–Trinajstić information content (AvgIpc) is 2.87. The minimum atomic E-state index is -5.08. The molecule has 0 aromatic heterocycles. The molecule has 2 aromatic carbocycles. The van der Waals surface area contributed by atoms with E-state index in [-0.39, 0.29) is 17.9 Å². The molecule has 3 N–H and O–H groups in total. The van der Waals surface area contributed by atoms with Crippen molar-refractivity contribution in [3.63, 3.8) is 0 Å². The first-order valence-corrected chi connectivity index (χ1v) is 11.5. The number of piperidine rings is 1. The van der Waals surface area contributed by atoms with Crippen LogP contribution in [0.15, 0.2) is 48.5 Å². The van der Waals surface area contributed by atoms with Gasteiger partial charge < -0.3 is 30.1 Å². The van der Waals surface area contributed by atoms with Crippen molar-refractivity contribution < 1.29 is 42.1 Å². The maximum Gasteiger partial charge on any atom is 0.490 e. The van der Waals surface area contributed by atoms with Crippen molar-refractivity contribution in [3.8, 4) is 5.75 Å². The lowest BCUT2D eigenvalue weighted by molar-refractivity contribution is -0.192. The number of aliphatic hydroxyl groups is 1. The number of amides is 2. The van der Waals surface area contributed by atoms with Crippen LogP contribution in [-0.4, -0.2) is 78.0 Å². The highest BCUT2D eigenvalue weighted by atomic mass is 19.4. The van der Waals surface area contributed by atoms with Crippen LogP contribution in [0.5, 0.6) is 5.75 Å². The average molecular weight is 530 g/mol. The van der Waals surface area contributed by atoms with Crippen molar-refractivity contribution in [1.82, 2.24) is 15.1 Å². The Morgan fingerprint density at radius 2 is 1.65 bits per heavy atom. The number of urea groups is 1. The highest BCUT2D eigenvalue weighted by Crippen LogP contribution is 2.20. The lowest BCUT2D eigenvalue weighted by atomic mass is 10.0. The molecular formula is C25H31F4N3O5. The van der Waals surface area contributed by atoms with Crippen LogP contribution >= 0.6 is 0 Å². The number of carbonyl (C=O) groups excluding carboxylic acids is 1. The fourth-order valence-corrected chi connectivity index (χ4v) is 3.74. The monoisotopic (exact) mass is 529 g/mol. The van der Waals surface area contributed by atoms with Crippen LogP contribution in [0, 0.1) is 5.82 Å². The molecule has 3 rings (SSSR count).